The van der Waals surface area contributed by atoms with E-state index in [1.807, 2.05) is 12.1 Å². The van der Waals surface area contributed by atoms with Crippen molar-refractivity contribution < 1.29 is 8.42 Å². The Labute approximate surface area is 112 Å². The molecule has 0 fully saturated rings. The molecule has 19 heavy (non-hydrogen) atoms. The van der Waals surface area contributed by atoms with E-state index in [4.69, 9.17) is 0 Å². The summed E-state index contributed by atoms with van der Waals surface area (Å²) in [6.07, 6.45) is 3.40. The molecule has 0 radical (unpaired) electrons. The van der Waals surface area contributed by atoms with Gasteiger partial charge in [0, 0.05) is 18.9 Å². The Kier molecular flexibility index (Phi) is 4.13. The first-order valence-corrected chi connectivity index (χ1v) is 7.27. The molecule has 0 aliphatic rings. The molecule has 0 bridgehead atoms. The maximum atomic E-state index is 11.9. The van der Waals surface area contributed by atoms with Crippen molar-refractivity contribution in [2.75, 3.05) is 12.4 Å². The van der Waals surface area contributed by atoms with Crippen molar-refractivity contribution in [3.05, 3.63) is 54.4 Å². The highest BCUT2D eigenvalue weighted by molar-refractivity contribution is 7.89. The highest BCUT2D eigenvalue weighted by atomic mass is 32.2. The predicted octanol–water partition coefficient (Wildman–Crippen LogP) is 1.60. The number of para-hydroxylation sites is 1. The molecule has 100 valence electrons. The Morgan fingerprint density at radius 3 is 2.47 bits per heavy atom. The Hall–Kier alpha value is -1.92. The number of nitrogens with one attached hydrogen (secondary N) is 2. The molecule has 6 heteroatoms. The largest absolute Gasteiger partial charge is 0.380 e. The molecule has 0 spiro atoms. The van der Waals surface area contributed by atoms with E-state index in [1.165, 1.54) is 7.05 Å². The second-order valence-electron chi connectivity index (χ2n) is 3.91. The van der Waals surface area contributed by atoms with Crippen LogP contribution in [-0.2, 0) is 16.6 Å². The second-order valence-corrected chi connectivity index (χ2v) is 5.77. The number of rotatable bonds is 5. The lowest BCUT2D eigenvalue weighted by molar-refractivity contribution is 0.588. The van der Waals surface area contributed by atoms with Crippen LogP contribution in [0.4, 0.5) is 5.69 Å². The molecule has 1 heterocycles. The van der Waals surface area contributed by atoms with Crippen molar-refractivity contribution in [3.8, 4) is 0 Å². The molecule has 0 saturated carbocycles. The summed E-state index contributed by atoms with van der Waals surface area (Å²) in [5.74, 6) is 0. The number of sulfonamides is 1. The van der Waals surface area contributed by atoms with Crippen LogP contribution in [0.1, 0.15) is 5.56 Å². The zero-order valence-electron chi connectivity index (χ0n) is 10.5. The van der Waals surface area contributed by atoms with Gasteiger partial charge in [0.15, 0.2) is 0 Å². The van der Waals surface area contributed by atoms with E-state index in [0.29, 0.717) is 12.2 Å². The van der Waals surface area contributed by atoms with Gasteiger partial charge < -0.3 is 5.32 Å². The molecule has 2 N–H and O–H groups in total. The topological polar surface area (TPSA) is 71.1 Å². The quantitative estimate of drug-likeness (QED) is 0.871. The summed E-state index contributed by atoms with van der Waals surface area (Å²) in [7, 11) is -2.06. The molecule has 0 aliphatic heterocycles. The summed E-state index contributed by atoms with van der Waals surface area (Å²) in [5, 5.41) is 3.12. The number of pyridine rings is 1. The third kappa shape index (κ3) is 3.30. The van der Waals surface area contributed by atoms with E-state index < -0.39 is 10.0 Å². The van der Waals surface area contributed by atoms with Gasteiger partial charge in [-0.3, -0.25) is 4.98 Å². The van der Waals surface area contributed by atoms with Gasteiger partial charge >= 0.3 is 0 Å². The fourth-order valence-electron chi connectivity index (χ4n) is 1.65. The van der Waals surface area contributed by atoms with E-state index >= 15 is 0 Å². The Bertz CT molecular complexity index is 642. The van der Waals surface area contributed by atoms with Crippen LogP contribution < -0.4 is 10.0 Å². The van der Waals surface area contributed by atoms with Gasteiger partial charge in [-0.1, -0.05) is 12.1 Å². The average molecular weight is 277 g/mol. The molecule has 1 aromatic carbocycles. The molecular weight excluding hydrogens is 262 g/mol. The molecule has 0 amide bonds. The fraction of sp³-hybridized carbons (Fsp3) is 0.154. The minimum absolute atomic E-state index is 0.242. The van der Waals surface area contributed by atoms with Gasteiger partial charge in [-0.2, -0.15) is 0 Å². The summed E-state index contributed by atoms with van der Waals surface area (Å²) in [5.41, 5.74) is 1.61. The van der Waals surface area contributed by atoms with E-state index in [2.05, 4.69) is 15.0 Å². The van der Waals surface area contributed by atoms with Gasteiger partial charge in [-0.05, 0) is 36.9 Å². The summed E-state index contributed by atoms with van der Waals surface area (Å²) >= 11 is 0. The van der Waals surface area contributed by atoms with Crippen molar-refractivity contribution in [1.29, 1.82) is 0 Å². The summed E-state index contributed by atoms with van der Waals surface area (Å²) < 4.78 is 26.1. The highest BCUT2D eigenvalue weighted by Crippen LogP contribution is 2.20. The van der Waals surface area contributed by atoms with Crippen LogP contribution in [0, 0.1) is 0 Å². The Morgan fingerprint density at radius 2 is 1.79 bits per heavy atom. The summed E-state index contributed by atoms with van der Waals surface area (Å²) in [6, 6.07) is 10.6. The number of hydrogen-bond acceptors (Lipinski definition) is 4. The monoisotopic (exact) mass is 277 g/mol. The van der Waals surface area contributed by atoms with Gasteiger partial charge in [0.1, 0.15) is 4.90 Å². The molecular formula is C13H15N3O2S. The van der Waals surface area contributed by atoms with Gasteiger partial charge in [-0.15, -0.1) is 0 Å². The maximum Gasteiger partial charge on any atom is 0.242 e. The molecule has 1 aromatic heterocycles. The zero-order chi connectivity index (χ0) is 13.7. The zero-order valence-corrected chi connectivity index (χ0v) is 11.3. The third-order valence-electron chi connectivity index (χ3n) is 2.68. The lowest BCUT2D eigenvalue weighted by atomic mass is 10.2. The normalized spacial score (nSPS) is 11.2. The van der Waals surface area contributed by atoms with Crippen molar-refractivity contribution in [2.45, 2.75) is 11.4 Å². The molecule has 0 atom stereocenters. The van der Waals surface area contributed by atoms with Gasteiger partial charge in [0.2, 0.25) is 10.0 Å². The number of hydrogen-bond donors (Lipinski definition) is 2. The molecule has 0 unspecified atom stereocenters. The first kappa shape index (κ1) is 13.5. The lowest BCUT2D eigenvalue weighted by Gasteiger charge is -2.11. The highest BCUT2D eigenvalue weighted by Gasteiger charge is 2.15. The lowest BCUT2D eigenvalue weighted by Crippen LogP contribution is -2.20. The fourth-order valence-corrected chi connectivity index (χ4v) is 2.56. The van der Waals surface area contributed by atoms with Gasteiger partial charge in [0.25, 0.3) is 0 Å². The minimum atomic E-state index is -3.46. The molecule has 0 saturated heterocycles. The number of aromatic nitrogens is 1. The first-order valence-electron chi connectivity index (χ1n) is 5.79. The minimum Gasteiger partial charge on any atom is -0.380 e. The van der Waals surface area contributed by atoms with Crippen LogP contribution in [0.25, 0.3) is 0 Å². The van der Waals surface area contributed by atoms with Crippen molar-refractivity contribution in [1.82, 2.24) is 9.71 Å². The van der Waals surface area contributed by atoms with Crippen LogP contribution in [-0.4, -0.2) is 20.4 Å². The van der Waals surface area contributed by atoms with E-state index in [1.54, 1.807) is 36.7 Å². The number of benzene rings is 1. The smallest absolute Gasteiger partial charge is 0.242 e. The van der Waals surface area contributed by atoms with E-state index in [0.717, 1.165) is 5.56 Å². The van der Waals surface area contributed by atoms with Crippen LogP contribution in [0.5, 0.6) is 0 Å². The summed E-state index contributed by atoms with van der Waals surface area (Å²) in [4.78, 5) is 4.18. The third-order valence-corrected chi connectivity index (χ3v) is 4.15. The molecule has 5 nitrogen and oxygen atoms in total. The van der Waals surface area contributed by atoms with Crippen molar-refractivity contribution in [3.63, 3.8) is 0 Å². The van der Waals surface area contributed by atoms with Gasteiger partial charge in [0.05, 0.1) is 5.69 Å². The predicted molar refractivity (Wildman–Crippen MR) is 74.3 cm³/mol. The van der Waals surface area contributed by atoms with Gasteiger partial charge in [-0.25, -0.2) is 13.1 Å². The van der Waals surface area contributed by atoms with Crippen molar-refractivity contribution in [2.24, 2.45) is 0 Å². The van der Waals surface area contributed by atoms with Crippen LogP contribution in [0.15, 0.2) is 53.7 Å². The van der Waals surface area contributed by atoms with E-state index in [9.17, 15) is 8.42 Å². The van der Waals surface area contributed by atoms with Crippen molar-refractivity contribution >= 4 is 15.7 Å². The van der Waals surface area contributed by atoms with Crippen LogP contribution >= 0.6 is 0 Å². The number of nitrogens with zero attached hydrogens (tertiary/aromatic N) is 1. The molecule has 2 aromatic rings. The van der Waals surface area contributed by atoms with Crippen LogP contribution in [0.2, 0.25) is 0 Å². The first-order chi connectivity index (χ1) is 9.13. The molecule has 2 rings (SSSR count). The molecule has 0 aliphatic carbocycles. The second kappa shape index (κ2) is 5.81. The Morgan fingerprint density at radius 1 is 1.11 bits per heavy atom. The SMILES string of the molecule is CNS(=O)(=O)c1ccccc1NCc1ccncc1. The standard InChI is InChI=1S/C13H15N3O2S/c1-14-19(17,18)13-5-3-2-4-12(13)16-10-11-6-8-15-9-7-11/h2-9,14,16H,10H2,1H3. The average Bonchev–Trinajstić information content (AvgIpc) is 2.46. The Balaban J connectivity index is 2.22. The van der Waals surface area contributed by atoms with Crippen LogP contribution in [0.3, 0.4) is 0 Å². The summed E-state index contributed by atoms with van der Waals surface area (Å²) in [6.45, 7) is 0.540. The maximum absolute atomic E-state index is 11.9. The van der Waals surface area contributed by atoms with E-state index in [-0.39, 0.29) is 4.90 Å². The number of anilines is 1.